The van der Waals surface area contributed by atoms with E-state index in [-0.39, 0.29) is 50.8 Å². The molecular formula is C31H25Br2Cl2FN4O7. The molecule has 47 heavy (non-hydrogen) atoms. The van der Waals surface area contributed by atoms with Gasteiger partial charge < -0.3 is 10.0 Å². The zero-order chi connectivity index (χ0) is 34.4. The number of hydrogen-bond acceptors (Lipinski definition) is 7. The van der Waals surface area contributed by atoms with Crippen LogP contribution < -0.4 is 0 Å². The Morgan fingerprint density at radius 3 is 1.79 bits per heavy atom. The second-order valence-electron chi connectivity index (χ2n) is 10.6. The average molecular weight is 815 g/mol. The van der Waals surface area contributed by atoms with Gasteiger partial charge >= 0.3 is 5.97 Å². The van der Waals surface area contributed by atoms with E-state index >= 15 is 0 Å². The van der Waals surface area contributed by atoms with Gasteiger partial charge in [-0.25, -0.2) is 9.18 Å². The smallest absolute Gasteiger partial charge is 0.328 e. The van der Waals surface area contributed by atoms with Crippen LogP contribution >= 0.6 is 55.1 Å². The Morgan fingerprint density at radius 2 is 1.34 bits per heavy atom. The van der Waals surface area contributed by atoms with Gasteiger partial charge in [-0.1, -0.05) is 35.3 Å². The number of aliphatic carboxylic acids is 1. The summed E-state index contributed by atoms with van der Waals surface area (Å²) < 4.78 is 14.1. The molecule has 2 atom stereocenters. The summed E-state index contributed by atoms with van der Waals surface area (Å²) in [5.41, 5.74) is 1.14. The van der Waals surface area contributed by atoms with E-state index < -0.39 is 15.8 Å². The fraction of sp³-hybridized carbons (Fsp3) is 0.226. The monoisotopic (exact) mass is 812 g/mol. The Balaban J connectivity index is 0.000000264. The summed E-state index contributed by atoms with van der Waals surface area (Å²) in [5.74, 6) is -1.58. The van der Waals surface area contributed by atoms with Crippen molar-refractivity contribution in [2.75, 3.05) is 13.1 Å². The maximum atomic E-state index is 13.1. The number of amides is 1. The van der Waals surface area contributed by atoms with E-state index in [1.165, 1.54) is 36.4 Å². The Kier molecular flexibility index (Phi) is 12.3. The van der Waals surface area contributed by atoms with Gasteiger partial charge in [-0.05, 0) is 86.7 Å². The average Bonchev–Trinajstić information content (AvgIpc) is 3.28. The lowest BCUT2D eigenvalue weighted by Gasteiger charge is -2.40. The van der Waals surface area contributed by atoms with Crippen LogP contribution in [0.15, 0.2) is 69.6 Å². The number of nitro groups is 2. The molecule has 0 aliphatic carbocycles. The number of carbonyl (C=O) groups excluding carboxylic acids is 1. The summed E-state index contributed by atoms with van der Waals surface area (Å²) in [6, 6.07) is 12.1. The van der Waals surface area contributed by atoms with E-state index in [9.17, 15) is 34.2 Å². The number of nitro benzene ring substituents is 2. The molecule has 2 saturated heterocycles. The van der Waals surface area contributed by atoms with E-state index in [2.05, 4.69) is 36.8 Å². The van der Waals surface area contributed by atoms with Gasteiger partial charge in [-0.15, -0.1) is 0 Å². The molecule has 2 aliphatic rings. The van der Waals surface area contributed by atoms with Crippen molar-refractivity contribution in [3.8, 4) is 0 Å². The molecule has 2 aliphatic heterocycles. The standard InChI is InChI=1S/C22H20BrClFN3O3.C9H5BrClNO4/c23-19-9-15(21(28(30)31)10-20(19)24)3-8-22(29)27-17-6-7-18(27)13-26(12-17)11-14-1-4-16(25)5-2-14;10-6-3-5(1-2-9(13)14)8(12(15)16)4-7(6)11/h1-5,8-10,17-18H,6-7,11-13H2;1-4H,(H,13,14)/b8-3+;2-1+. The van der Waals surface area contributed by atoms with Crippen molar-refractivity contribution in [1.29, 1.82) is 0 Å². The molecule has 0 radical (unpaired) electrons. The summed E-state index contributed by atoms with van der Waals surface area (Å²) in [6.07, 6.45) is 6.70. The largest absolute Gasteiger partial charge is 0.478 e. The van der Waals surface area contributed by atoms with Gasteiger partial charge in [-0.3, -0.25) is 29.9 Å². The Morgan fingerprint density at radius 1 is 0.872 bits per heavy atom. The number of carboxylic acid groups (broad SMARTS) is 1. The molecule has 5 rings (SSSR count). The van der Waals surface area contributed by atoms with Gasteiger partial charge in [-0.2, -0.15) is 0 Å². The second-order valence-corrected chi connectivity index (χ2v) is 13.1. The number of piperazine rings is 1. The number of hydrogen-bond donors (Lipinski definition) is 1. The van der Waals surface area contributed by atoms with Crippen molar-refractivity contribution >= 4 is 90.5 Å². The Hall–Kier alpha value is -3.69. The van der Waals surface area contributed by atoms with Crippen LogP contribution in [0.25, 0.3) is 12.2 Å². The zero-order valence-corrected chi connectivity index (χ0v) is 28.9. The van der Waals surface area contributed by atoms with Crippen molar-refractivity contribution < 1.29 is 28.9 Å². The van der Waals surface area contributed by atoms with E-state index in [0.717, 1.165) is 56.3 Å². The fourth-order valence-electron chi connectivity index (χ4n) is 5.42. The zero-order valence-electron chi connectivity index (χ0n) is 24.2. The van der Waals surface area contributed by atoms with Gasteiger partial charge in [0.1, 0.15) is 5.82 Å². The van der Waals surface area contributed by atoms with Crippen molar-refractivity contribution in [3.63, 3.8) is 0 Å². The molecule has 0 saturated carbocycles. The minimum absolute atomic E-state index is 0.100. The molecule has 1 N–H and O–H groups in total. The van der Waals surface area contributed by atoms with E-state index in [1.54, 1.807) is 18.2 Å². The van der Waals surface area contributed by atoms with Gasteiger partial charge in [0.2, 0.25) is 5.91 Å². The van der Waals surface area contributed by atoms with Crippen LogP contribution in [0, 0.1) is 26.0 Å². The minimum Gasteiger partial charge on any atom is -0.478 e. The van der Waals surface area contributed by atoms with Crippen molar-refractivity contribution in [2.45, 2.75) is 31.5 Å². The molecule has 2 heterocycles. The van der Waals surface area contributed by atoms with E-state index in [4.69, 9.17) is 28.3 Å². The summed E-state index contributed by atoms with van der Waals surface area (Å²) in [7, 11) is 0. The van der Waals surface area contributed by atoms with Gasteiger partial charge in [0.25, 0.3) is 11.4 Å². The molecule has 246 valence electrons. The molecule has 2 fully saturated rings. The lowest BCUT2D eigenvalue weighted by Crippen LogP contribution is -2.55. The lowest BCUT2D eigenvalue weighted by atomic mass is 10.1. The molecule has 16 heteroatoms. The second kappa shape index (κ2) is 15.9. The van der Waals surface area contributed by atoms with Crippen molar-refractivity contribution in [2.24, 2.45) is 0 Å². The first-order valence-corrected chi connectivity index (χ1v) is 16.2. The highest BCUT2D eigenvalue weighted by Crippen LogP contribution is 2.34. The molecule has 1 amide bonds. The topological polar surface area (TPSA) is 147 Å². The summed E-state index contributed by atoms with van der Waals surface area (Å²) in [4.78, 5) is 48.3. The number of carboxylic acids is 1. The molecule has 2 bridgehead atoms. The number of carbonyl (C=O) groups is 2. The number of benzene rings is 3. The number of nitrogens with zero attached hydrogens (tertiary/aromatic N) is 4. The maximum absolute atomic E-state index is 13.1. The van der Waals surface area contributed by atoms with E-state index in [0.29, 0.717) is 14.5 Å². The third kappa shape index (κ3) is 9.45. The van der Waals surface area contributed by atoms with Crippen LogP contribution in [0.4, 0.5) is 15.8 Å². The highest BCUT2D eigenvalue weighted by atomic mass is 79.9. The van der Waals surface area contributed by atoms with Crippen LogP contribution in [0.2, 0.25) is 10.0 Å². The first-order valence-electron chi connectivity index (χ1n) is 13.9. The van der Waals surface area contributed by atoms with Crippen LogP contribution in [0.5, 0.6) is 0 Å². The molecular weight excluding hydrogens is 790 g/mol. The minimum atomic E-state index is -1.18. The molecule has 0 aromatic heterocycles. The number of fused-ring (bicyclic) bond motifs is 2. The fourth-order valence-corrected chi connectivity index (χ4v) is 6.46. The molecule has 3 aromatic rings. The number of likely N-dealkylation sites (tertiary alicyclic amines) is 1. The third-order valence-corrected chi connectivity index (χ3v) is 9.87. The maximum Gasteiger partial charge on any atom is 0.328 e. The predicted octanol–water partition coefficient (Wildman–Crippen LogP) is 8.15. The quantitative estimate of drug-likeness (QED) is 0.136. The number of rotatable bonds is 8. The molecule has 3 aromatic carbocycles. The summed E-state index contributed by atoms with van der Waals surface area (Å²) in [6.45, 7) is 2.22. The predicted molar refractivity (Wildman–Crippen MR) is 183 cm³/mol. The summed E-state index contributed by atoms with van der Waals surface area (Å²) >= 11 is 18.0. The van der Waals surface area contributed by atoms with Gasteiger partial charge in [0.05, 0.1) is 31.0 Å². The van der Waals surface area contributed by atoms with Gasteiger partial charge in [0, 0.05) is 64.9 Å². The van der Waals surface area contributed by atoms with Crippen LogP contribution in [0.1, 0.15) is 29.5 Å². The molecule has 0 spiro atoms. The lowest BCUT2D eigenvalue weighted by molar-refractivity contribution is -0.385. The summed E-state index contributed by atoms with van der Waals surface area (Å²) in [5, 5.41) is 30.9. The van der Waals surface area contributed by atoms with Gasteiger partial charge in [0.15, 0.2) is 0 Å². The third-order valence-electron chi connectivity index (χ3n) is 7.48. The van der Waals surface area contributed by atoms with Crippen LogP contribution in [0.3, 0.4) is 0 Å². The van der Waals surface area contributed by atoms with Crippen LogP contribution in [-0.4, -0.2) is 61.8 Å². The van der Waals surface area contributed by atoms with Crippen molar-refractivity contribution in [1.82, 2.24) is 9.80 Å². The van der Waals surface area contributed by atoms with Crippen molar-refractivity contribution in [3.05, 3.63) is 122 Å². The first-order chi connectivity index (χ1) is 22.2. The highest BCUT2D eigenvalue weighted by molar-refractivity contribution is 9.10. The Labute approximate surface area is 294 Å². The van der Waals surface area contributed by atoms with Crippen LogP contribution in [-0.2, 0) is 16.1 Å². The normalized spacial score (nSPS) is 17.5. The SMILES string of the molecule is O=C(/C=C/c1cc(Br)c(Cl)cc1[N+](=O)[O-])N1C2CCC1CN(Cc1ccc(F)cc1)C2.O=C(O)/C=C/c1cc(Br)c(Cl)cc1[N+](=O)[O-]. The molecule has 2 unspecified atom stereocenters. The highest BCUT2D eigenvalue weighted by Gasteiger charge is 2.41. The first kappa shape index (κ1) is 36.2. The number of halogens is 5. The molecule has 11 nitrogen and oxygen atoms in total. The van der Waals surface area contributed by atoms with E-state index in [1.807, 2.05) is 4.90 Å². The Bertz CT molecular complexity index is 1760.